The molecule has 114 valence electrons. The van der Waals surface area contributed by atoms with E-state index in [2.05, 4.69) is 5.32 Å². The van der Waals surface area contributed by atoms with Gasteiger partial charge in [-0.1, -0.05) is 6.92 Å². The van der Waals surface area contributed by atoms with Crippen molar-refractivity contribution in [2.75, 3.05) is 24.1 Å². The maximum absolute atomic E-state index is 13.5. The Hall–Kier alpha value is -2.11. The Morgan fingerprint density at radius 3 is 2.95 bits per heavy atom. The molecule has 1 saturated heterocycles. The average molecular weight is 293 g/mol. The SMILES string of the molecule is CC1CC(=O)N(CCCC(=O)Nc2cc(N)ccc2F)C1. The standard InChI is InChI=1S/C15H20FN3O2/c1-10-7-15(21)19(9-10)6-2-3-14(20)18-13-8-11(17)4-5-12(13)16/h4-5,8,10H,2-3,6-7,9,17H2,1H3,(H,18,20). The van der Waals surface area contributed by atoms with E-state index in [0.717, 1.165) is 6.54 Å². The fraction of sp³-hybridized carbons (Fsp3) is 0.467. The zero-order valence-electron chi connectivity index (χ0n) is 12.1. The summed E-state index contributed by atoms with van der Waals surface area (Å²) < 4.78 is 13.5. The van der Waals surface area contributed by atoms with Gasteiger partial charge in [-0.3, -0.25) is 9.59 Å². The van der Waals surface area contributed by atoms with Crippen molar-refractivity contribution in [3.05, 3.63) is 24.0 Å². The summed E-state index contributed by atoms with van der Waals surface area (Å²) in [6.07, 6.45) is 1.39. The molecule has 1 aromatic rings. The molecule has 0 radical (unpaired) electrons. The predicted octanol–water partition coefficient (Wildman–Crippen LogP) is 1.99. The fourth-order valence-electron chi connectivity index (χ4n) is 2.47. The molecule has 1 unspecified atom stereocenters. The highest BCUT2D eigenvalue weighted by Crippen LogP contribution is 2.19. The molecule has 0 saturated carbocycles. The summed E-state index contributed by atoms with van der Waals surface area (Å²) >= 11 is 0. The van der Waals surface area contributed by atoms with Gasteiger partial charge in [0, 0.05) is 31.6 Å². The first kappa shape index (κ1) is 15.3. The van der Waals surface area contributed by atoms with Gasteiger partial charge in [0.15, 0.2) is 0 Å². The van der Waals surface area contributed by atoms with Crippen LogP contribution in [0.5, 0.6) is 0 Å². The second-order valence-electron chi connectivity index (χ2n) is 5.54. The Balaban J connectivity index is 1.77. The van der Waals surface area contributed by atoms with Crippen molar-refractivity contribution in [1.29, 1.82) is 0 Å². The van der Waals surface area contributed by atoms with Crippen LogP contribution in [0.25, 0.3) is 0 Å². The summed E-state index contributed by atoms with van der Waals surface area (Å²) in [5, 5.41) is 2.50. The summed E-state index contributed by atoms with van der Waals surface area (Å²) in [6.45, 7) is 3.35. The van der Waals surface area contributed by atoms with Gasteiger partial charge < -0.3 is 16.0 Å². The predicted molar refractivity (Wildman–Crippen MR) is 79.0 cm³/mol. The van der Waals surface area contributed by atoms with Gasteiger partial charge >= 0.3 is 0 Å². The van der Waals surface area contributed by atoms with Crippen LogP contribution in [-0.4, -0.2) is 29.8 Å². The normalized spacial score (nSPS) is 18.1. The Labute approximate surface area is 123 Å². The third kappa shape index (κ3) is 4.18. The summed E-state index contributed by atoms with van der Waals surface area (Å²) in [4.78, 5) is 25.1. The van der Waals surface area contributed by atoms with E-state index in [1.54, 1.807) is 4.90 Å². The number of hydrogen-bond acceptors (Lipinski definition) is 3. The lowest BCUT2D eigenvalue weighted by Gasteiger charge is -2.15. The van der Waals surface area contributed by atoms with Gasteiger partial charge in [0.05, 0.1) is 5.69 Å². The second-order valence-corrected chi connectivity index (χ2v) is 5.54. The summed E-state index contributed by atoms with van der Waals surface area (Å²) in [7, 11) is 0. The first-order valence-electron chi connectivity index (χ1n) is 7.08. The molecule has 1 atom stereocenters. The zero-order valence-corrected chi connectivity index (χ0v) is 12.1. The van der Waals surface area contributed by atoms with Crippen LogP contribution < -0.4 is 11.1 Å². The topological polar surface area (TPSA) is 75.4 Å². The molecule has 0 aliphatic carbocycles. The molecule has 1 fully saturated rings. The summed E-state index contributed by atoms with van der Waals surface area (Å²) in [5.74, 6) is -0.266. The minimum absolute atomic E-state index is 0.0888. The number of nitrogens with two attached hydrogens (primary N) is 1. The highest BCUT2D eigenvalue weighted by Gasteiger charge is 2.25. The third-order valence-corrected chi connectivity index (χ3v) is 3.50. The lowest BCUT2D eigenvalue weighted by Crippen LogP contribution is -2.27. The van der Waals surface area contributed by atoms with E-state index in [1.165, 1.54) is 18.2 Å². The Kier molecular flexibility index (Phi) is 4.77. The molecule has 1 heterocycles. The minimum Gasteiger partial charge on any atom is -0.399 e. The number of halogens is 1. The molecule has 0 bridgehead atoms. The number of rotatable bonds is 5. The molecule has 1 aliphatic heterocycles. The summed E-state index contributed by atoms with van der Waals surface area (Å²) in [5.41, 5.74) is 6.03. The van der Waals surface area contributed by atoms with Gasteiger partial charge in [0.2, 0.25) is 11.8 Å². The van der Waals surface area contributed by atoms with Gasteiger partial charge in [0.1, 0.15) is 5.82 Å². The molecule has 3 N–H and O–H groups in total. The molecule has 5 nitrogen and oxygen atoms in total. The smallest absolute Gasteiger partial charge is 0.224 e. The maximum Gasteiger partial charge on any atom is 0.224 e. The third-order valence-electron chi connectivity index (χ3n) is 3.50. The van der Waals surface area contributed by atoms with E-state index in [4.69, 9.17) is 5.73 Å². The van der Waals surface area contributed by atoms with E-state index < -0.39 is 5.82 Å². The molecular formula is C15H20FN3O2. The molecule has 1 aromatic carbocycles. The van der Waals surface area contributed by atoms with E-state index in [9.17, 15) is 14.0 Å². The molecule has 0 spiro atoms. The molecule has 1 aliphatic rings. The van der Waals surface area contributed by atoms with Gasteiger partial charge in [-0.25, -0.2) is 4.39 Å². The number of nitrogens with one attached hydrogen (secondary N) is 1. The van der Waals surface area contributed by atoms with Gasteiger partial charge in [-0.2, -0.15) is 0 Å². The monoisotopic (exact) mass is 293 g/mol. The Morgan fingerprint density at radius 2 is 2.29 bits per heavy atom. The van der Waals surface area contributed by atoms with Crippen LogP contribution in [0, 0.1) is 11.7 Å². The second kappa shape index (κ2) is 6.56. The van der Waals surface area contributed by atoms with Gasteiger partial charge in [-0.15, -0.1) is 0 Å². The molecule has 0 aromatic heterocycles. The average Bonchev–Trinajstić information content (AvgIpc) is 2.72. The van der Waals surface area contributed by atoms with Crippen LogP contribution in [0.15, 0.2) is 18.2 Å². The van der Waals surface area contributed by atoms with Gasteiger partial charge in [0.25, 0.3) is 0 Å². The first-order chi connectivity index (χ1) is 9.95. The van der Waals surface area contributed by atoms with Crippen molar-refractivity contribution < 1.29 is 14.0 Å². The van der Waals surface area contributed by atoms with E-state index in [1.807, 2.05) is 6.92 Å². The van der Waals surface area contributed by atoms with Crippen molar-refractivity contribution in [2.24, 2.45) is 5.92 Å². The first-order valence-corrected chi connectivity index (χ1v) is 7.08. The van der Waals surface area contributed by atoms with Crippen LogP contribution >= 0.6 is 0 Å². The Bertz CT molecular complexity index is 548. The number of carbonyl (C=O) groups excluding carboxylic acids is 2. The van der Waals surface area contributed by atoms with Crippen molar-refractivity contribution in [2.45, 2.75) is 26.2 Å². The fourth-order valence-corrected chi connectivity index (χ4v) is 2.47. The molecular weight excluding hydrogens is 273 g/mol. The maximum atomic E-state index is 13.5. The van der Waals surface area contributed by atoms with E-state index in [0.29, 0.717) is 31.0 Å². The van der Waals surface area contributed by atoms with Crippen LogP contribution in [-0.2, 0) is 9.59 Å². The van der Waals surface area contributed by atoms with Crippen LogP contribution in [0.1, 0.15) is 26.2 Å². The summed E-state index contributed by atoms with van der Waals surface area (Å²) in [6, 6.07) is 4.04. The molecule has 21 heavy (non-hydrogen) atoms. The number of carbonyl (C=O) groups is 2. The number of hydrogen-bond donors (Lipinski definition) is 2. The Morgan fingerprint density at radius 1 is 1.52 bits per heavy atom. The highest BCUT2D eigenvalue weighted by molar-refractivity contribution is 5.91. The van der Waals surface area contributed by atoms with Crippen LogP contribution in [0.3, 0.4) is 0 Å². The van der Waals surface area contributed by atoms with Crippen molar-refractivity contribution >= 4 is 23.2 Å². The largest absolute Gasteiger partial charge is 0.399 e. The highest BCUT2D eigenvalue weighted by atomic mass is 19.1. The van der Waals surface area contributed by atoms with Crippen LogP contribution in [0.2, 0.25) is 0 Å². The number of anilines is 2. The molecule has 6 heteroatoms. The van der Waals surface area contributed by atoms with E-state index >= 15 is 0 Å². The quantitative estimate of drug-likeness (QED) is 0.815. The van der Waals surface area contributed by atoms with Crippen molar-refractivity contribution in [3.63, 3.8) is 0 Å². The number of benzene rings is 1. The van der Waals surface area contributed by atoms with Crippen molar-refractivity contribution in [3.8, 4) is 0 Å². The molecule has 2 amide bonds. The van der Waals surface area contributed by atoms with E-state index in [-0.39, 0.29) is 23.9 Å². The lowest BCUT2D eigenvalue weighted by atomic mass is 10.2. The van der Waals surface area contributed by atoms with Crippen molar-refractivity contribution in [1.82, 2.24) is 4.90 Å². The number of amides is 2. The number of nitrogens with zero attached hydrogens (tertiary/aromatic N) is 1. The lowest BCUT2D eigenvalue weighted by molar-refractivity contribution is -0.128. The number of likely N-dealkylation sites (tertiary alicyclic amines) is 1. The molecule has 2 rings (SSSR count). The van der Waals surface area contributed by atoms with Gasteiger partial charge in [-0.05, 0) is 30.5 Å². The minimum atomic E-state index is -0.513. The number of nitrogen functional groups attached to an aromatic ring is 1. The zero-order chi connectivity index (χ0) is 15.4. The van der Waals surface area contributed by atoms with Crippen LogP contribution in [0.4, 0.5) is 15.8 Å².